The molecule has 0 amide bonds. The van der Waals surface area contributed by atoms with Crippen molar-refractivity contribution >= 4 is 10.0 Å². The predicted molar refractivity (Wildman–Crippen MR) is 37.3 cm³/mol. The molecular formula is C5H8N2O2S. The van der Waals surface area contributed by atoms with Crippen LogP contribution in [0.15, 0.2) is 11.5 Å². The summed E-state index contributed by atoms with van der Waals surface area (Å²) in [4.78, 5) is -0.450. The van der Waals surface area contributed by atoms with Gasteiger partial charge in [-0.25, -0.2) is 13.1 Å². The summed E-state index contributed by atoms with van der Waals surface area (Å²) in [5, 5.41) is 8.13. The largest absolute Gasteiger partial charge is 0.250 e. The normalized spacial score (nSPS) is 10.4. The molecule has 56 valence electrons. The Labute approximate surface area is 60.2 Å². The van der Waals surface area contributed by atoms with Crippen LogP contribution >= 0.6 is 0 Å². The maximum absolute atomic E-state index is 10.7. The highest BCUT2D eigenvalue weighted by atomic mass is 32.2. The molecule has 0 aromatic rings. The summed E-state index contributed by atoms with van der Waals surface area (Å²) in [7, 11) is -3.57. The van der Waals surface area contributed by atoms with Gasteiger partial charge in [0, 0.05) is 6.54 Å². The number of sulfonamides is 1. The van der Waals surface area contributed by atoms with Crippen LogP contribution in [0.4, 0.5) is 0 Å². The third-order valence-corrected chi connectivity index (χ3v) is 2.19. The van der Waals surface area contributed by atoms with Gasteiger partial charge in [0.05, 0.1) is 0 Å². The topological polar surface area (TPSA) is 70.0 Å². The first kappa shape index (κ1) is 9.14. The first-order chi connectivity index (χ1) is 4.54. The average molecular weight is 160 g/mol. The van der Waals surface area contributed by atoms with Gasteiger partial charge < -0.3 is 0 Å². The van der Waals surface area contributed by atoms with E-state index in [9.17, 15) is 8.42 Å². The molecule has 0 saturated heterocycles. The molecule has 0 aromatic heterocycles. The van der Waals surface area contributed by atoms with Gasteiger partial charge in [0.2, 0.25) is 10.0 Å². The highest BCUT2D eigenvalue weighted by molar-refractivity contribution is 7.93. The summed E-state index contributed by atoms with van der Waals surface area (Å²) in [6.07, 6.45) is 0. The first-order valence-corrected chi connectivity index (χ1v) is 4.11. The summed E-state index contributed by atoms with van der Waals surface area (Å²) < 4.78 is 23.6. The Morgan fingerprint density at radius 2 is 2.30 bits per heavy atom. The second-order valence-corrected chi connectivity index (χ2v) is 3.32. The van der Waals surface area contributed by atoms with Crippen LogP contribution < -0.4 is 4.72 Å². The SMILES string of the molecule is C=C(C#N)S(=O)(=O)NCC. The Morgan fingerprint density at radius 1 is 1.80 bits per heavy atom. The highest BCUT2D eigenvalue weighted by Crippen LogP contribution is 1.96. The van der Waals surface area contributed by atoms with Crippen molar-refractivity contribution < 1.29 is 8.42 Å². The zero-order chi connectivity index (χ0) is 8.20. The zero-order valence-corrected chi connectivity index (χ0v) is 6.40. The molecule has 0 aliphatic heterocycles. The van der Waals surface area contributed by atoms with E-state index in [2.05, 4.69) is 11.3 Å². The average Bonchev–Trinajstić information content (AvgIpc) is 1.86. The van der Waals surface area contributed by atoms with Crippen LogP contribution in [0.25, 0.3) is 0 Å². The highest BCUT2D eigenvalue weighted by Gasteiger charge is 2.11. The lowest BCUT2D eigenvalue weighted by molar-refractivity contribution is 0.591. The van der Waals surface area contributed by atoms with Crippen molar-refractivity contribution in [3.05, 3.63) is 11.5 Å². The molecule has 0 rings (SSSR count). The fraction of sp³-hybridized carbons (Fsp3) is 0.400. The van der Waals surface area contributed by atoms with Crippen molar-refractivity contribution in [2.24, 2.45) is 0 Å². The van der Waals surface area contributed by atoms with E-state index in [0.29, 0.717) is 0 Å². The van der Waals surface area contributed by atoms with Crippen LogP contribution in [0.2, 0.25) is 0 Å². The van der Waals surface area contributed by atoms with E-state index < -0.39 is 14.9 Å². The molecule has 10 heavy (non-hydrogen) atoms. The Bertz CT molecular complexity index is 260. The molecule has 0 aliphatic carbocycles. The van der Waals surface area contributed by atoms with Crippen LogP contribution in [-0.2, 0) is 10.0 Å². The minimum atomic E-state index is -3.57. The van der Waals surface area contributed by atoms with Gasteiger partial charge in [-0.05, 0) is 0 Å². The van der Waals surface area contributed by atoms with Crippen molar-refractivity contribution in [1.29, 1.82) is 5.26 Å². The van der Waals surface area contributed by atoms with Crippen LogP contribution in [0.3, 0.4) is 0 Å². The van der Waals surface area contributed by atoms with Gasteiger partial charge in [-0.1, -0.05) is 13.5 Å². The molecule has 0 fully saturated rings. The molecule has 0 radical (unpaired) electrons. The first-order valence-electron chi connectivity index (χ1n) is 2.63. The second kappa shape index (κ2) is 3.34. The minimum absolute atomic E-state index is 0.267. The summed E-state index contributed by atoms with van der Waals surface area (Å²) >= 11 is 0. The van der Waals surface area contributed by atoms with Crippen LogP contribution in [0, 0.1) is 11.3 Å². The smallest absolute Gasteiger partial charge is 0.211 e. The Kier molecular flexibility index (Phi) is 3.06. The van der Waals surface area contributed by atoms with Crippen molar-refractivity contribution in [2.45, 2.75) is 6.92 Å². The monoisotopic (exact) mass is 160 g/mol. The Balaban J connectivity index is 4.47. The minimum Gasteiger partial charge on any atom is -0.211 e. The molecule has 0 aliphatic rings. The van der Waals surface area contributed by atoms with Crippen LogP contribution in [-0.4, -0.2) is 15.0 Å². The summed E-state index contributed by atoms with van der Waals surface area (Å²) in [5.74, 6) is 0. The number of hydrogen-bond acceptors (Lipinski definition) is 3. The van der Waals surface area contributed by atoms with E-state index in [-0.39, 0.29) is 6.54 Å². The Hall–Kier alpha value is -0.860. The summed E-state index contributed by atoms with van der Waals surface area (Å²) in [6.45, 7) is 4.95. The van der Waals surface area contributed by atoms with E-state index in [4.69, 9.17) is 5.26 Å². The number of hydrogen-bond donors (Lipinski definition) is 1. The van der Waals surface area contributed by atoms with Gasteiger partial charge in [-0.3, -0.25) is 0 Å². The molecule has 0 bridgehead atoms. The van der Waals surface area contributed by atoms with Gasteiger partial charge in [0.15, 0.2) is 4.91 Å². The quantitative estimate of drug-likeness (QED) is 0.589. The number of allylic oxidation sites excluding steroid dienone is 1. The van der Waals surface area contributed by atoms with E-state index in [1.54, 1.807) is 6.92 Å². The van der Waals surface area contributed by atoms with Gasteiger partial charge >= 0.3 is 0 Å². The van der Waals surface area contributed by atoms with Gasteiger partial charge in [0.25, 0.3) is 0 Å². The van der Waals surface area contributed by atoms with Crippen molar-refractivity contribution in [1.82, 2.24) is 4.72 Å². The maximum atomic E-state index is 10.7. The lowest BCUT2D eigenvalue weighted by atomic mass is 10.7. The van der Waals surface area contributed by atoms with Crippen LogP contribution in [0.1, 0.15) is 6.92 Å². The Morgan fingerprint density at radius 3 is 2.60 bits per heavy atom. The predicted octanol–water partition coefficient (Wildman–Crippen LogP) is -0.0370. The molecule has 0 aromatic carbocycles. The van der Waals surface area contributed by atoms with E-state index >= 15 is 0 Å². The standard InChI is InChI=1S/C5H8N2O2S/c1-3-7-10(8,9)5(2)4-6/h7H,2-3H2,1H3. The lowest BCUT2D eigenvalue weighted by Gasteiger charge is -1.98. The number of rotatable bonds is 3. The zero-order valence-electron chi connectivity index (χ0n) is 5.59. The lowest BCUT2D eigenvalue weighted by Crippen LogP contribution is -2.23. The van der Waals surface area contributed by atoms with Crippen LogP contribution in [0.5, 0.6) is 0 Å². The molecular weight excluding hydrogens is 152 g/mol. The van der Waals surface area contributed by atoms with Crippen molar-refractivity contribution in [3.8, 4) is 6.07 Å². The fourth-order valence-corrected chi connectivity index (χ4v) is 1.01. The molecule has 5 heteroatoms. The van der Waals surface area contributed by atoms with E-state index in [1.165, 1.54) is 6.07 Å². The van der Waals surface area contributed by atoms with Gasteiger partial charge in [0.1, 0.15) is 6.07 Å². The van der Waals surface area contributed by atoms with Crippen molar-refractivity contribution in [3.63, 3.8) is 0 Å². The van der Waals surface area contributed by atoms with E-state index in [0.717, 1.165) is 0 Å². The second-order valence-electron chi connectivity index (χ2n) is 1.54. The molecule has 4 nitrogen and oxygen atoms in total. The molecule has 0 heterocycles. The number of nitriles is 1. The number of nitrogens with one attached hydrogen (secondary N) is 1. The van der Waals surface area contributed by atoms with Crippen molar-refractivity contribution in [2.75, 3.05) is 6.54 Å². The summed E-state index contributed by atoms with van der Waals surface area (Å²) in [6, 6.07) is 1.45. The number of nitrogens with zero attached hydrogens (tertiary/aromatic N) is 1. The third kappa shape index (κ3) is 2.17. The summed E-state index contributed by atoms with van der Waals surface area (Å²) in [5.41, 5.74) is 0. The molecule has 0 spiro atoms. The van der Waals surface area contributed by atoms with Gasteiger partial charge in [-0.15, -0.1) is 0 Å². The molecule has 0 atom stereocenters. The maximum Gasteiger partial charge on any atom is 0.250 e. The third-order valence-electron chi connectivity index (χ3n) is 0.783. The fourth-order valence-electron chi connectivity index (χ4n) is 0.337. The van der Waals surface area contributed by atoms with E-state index in [1.807, 2.05) is 0 Å². The molecule has 0 saturated carbocycles. The molecule has 1 N–H and O–H groups in total. The van der Waals surface area contributed by atoms with Gasteiger partial charge in [-0.2, -0.15) is 5.26 Å². The molecule has 0 unspecified atom stereocenters.